The predicted molar refractivity (Wildman–Crippen MR) is 74.1 cm³/mol. The minimum Gasteiger partial charge on any atom is -0.302 e. The molecule has 0 aliphatic carbocycles. The summed E-state index contributed by atoms with van der Waals surface area (Å²) in [6, 6.07) is 9.12. The number of nitrogens with zero attached hydrogens (tertiary/aromatic N) is 2. The van der Waals surface area contributed by atoms with Gasteiger partial charge >= 0.3 is 11.4 Å². The van der Waals surface area contributed by atoms with Gasteiger partial charge in [0.25, 0.3) is 0 Å². The maximum absolute atomic E-state index is 12.1. The Kier molecular flexibility index (Phi) is 2.75. The number of aromatic nitrogens is 4. The van der Waals surface area contributed by atoms with Crippen LogP contribution in [-0.2, 0) is 0 Å². The standard InChI is InChI=1S/C12H10N4O2S/c1-19-10-8-9(14-11(17)15-10)16(12(18)13-8)7-5-3-2-4-6-7/h2-6H,1H3,(H,13,18)(H,14,15,17). The first-order valence-corrected chi connectivity index (χ1v) is 6.77. The summed E-state index contributed by atoms with van der Waals surface area (Å²) in [5, 5.41) is 0.505. The van der Waals surface area contributed by atoms with Gasteiger partial charge in [-0.3, -0.25) is 4.98 Å². The van der Waals surface area contributed by atoms with Gasteiger partial charge in [0.05, 0.1) is 5.69 Å². The second kappa shape index (κ2) is 4.43. The summed E-state index contributed by atoms with van der Waals surface area (Å²) in [7, 11) is 0. The summed E-state index contributed by atoms with van der Waals surface area (Å²) in [4.78, 5) is 32.8. The highest BCUT2D eigenvalue weighted by Gasteiger charge is 2.13. The number of hydrogen-bond acceptors (Lipinski definition) is 4. The van der Waals surface area contributed by atoms with Crippen LogP contribution >= 0.6 is 11.8 Å². The Bertz CT molecular complexity index is 848. The van der Waals surface area contributed by atoms with Crippen molar-refractivity contribution in [2.24, 2.45) is 0 Å². The third kappa shape index (κ3) is 1.88. The molecule has 0 aliphatic heterocycles. The molecule has 0 fully saturated rings. The van der Waals surface area contributed by atoms with Gasteiger partial charge < -0.3 is 4.98 Å². The fourth-order valence-electron chi connectivity index (χ4n) is 1.96. The van der Waals surface area contributed by atoms with E-state index in [9.17, 15) is 9.59 Å². The van der Waals surface area contributed by atoms with Gasteiger partial charge in [-0.2, -0.15) is 4.98 Å². The van der Waals surface area contributed by atoms with Crippen LogP contribution in [0.3, 0.4) is 0 Å². The fourth-order valence-corrected chi connectivity index (χ4v) is 2.48. The zero-order valence-electron chi connectivity index (χ0n) is 10.0. The van der Waals surface area contributed by atoms with Crippen LogP contribution in [0, 0.1) is 0 Å². The van der Waals surface area contributed by atoms with Crippen molar-refractivity contribution in [3.05, 3.63) is 51.3 Å². The quantitative estimate of drug-likeness (QED) is 0.542. The molecule has 0 amide bonds. The van der Waals surface area contributed by atoms with E-state index in [1.54, 1.807) is 18.4 Å². The van der Waals surface area contributed by atoms with Crippen LogP contribution in [0.25, 0.3) is 16.9 Å². The molecule has 19 heavy (non-hydrogen) atoms. The number of benzene rings is 1. The minimum atomic E-state index is -0.472. The third-order valence-corrected chi connectivity index (χ3v) is 3.43. The average Bonchev–Trinajstić information content (AvgIpc) is 2.75. The Labute approximate surface area is 111 Å². The van der Waals surface area contributed by atoms with E-state index in [4.69, 9.17) is 0 Å². The first-order valence-electron chi connectivity index (χ1n) is 5.55. The fraction of sp³-hybridized carbons (Fsp3) is 0.0833. The van der Waals surface area contributed by atoms with E-state index < -0.39 is 5.69 Å². The predicted octanol–water partition coefficient (Wildman–Crippen LogP) is 1.12. The van der Waals surface area contributed by atoms with Crippen molar-refractivity contribution in [2.75, 3.05) is 6.26 Å². The van der Waals surface area contributed by atoms with E-state index >= 15 is 0 Å². The second-order valence-electron chi connectivity index (χ2n) is 3.88. The van der Waals surface area contributed by atoms with Crippen LogP contribution < -0.4 is 11.4 Å². The molecule has 1 aromatic carbocycles. The highest BCUT2D eigenvalue weighted by Crippen LogP contribution is 2.20. The molecule has 0 atom stereocenters. The number of imidazole rings is 1. The summed E-state index contributed by atoms with van der Waals surface area (Å²) in [6.45, 7) is 0. The molecule has 0 spiro atoms. The average molecular weight is 274 g/mol. The van der Waals surface area contributed by atoms with Crippen molar-refractivity contribution >= 4 is 22.9 Å². The molecule has 3 rings (SSSR count). The molecule has 0 aliphatic rings. The summed E-state index contributed by atoms with van der Waals surface area (Å²) < 4.78 is 1.43. The van der Waals surface area contributed by atoms with Gasteiger partial charge in [-0.25, -0.2) is 14.2 Å². The van der Waals surface area contributed by atoms with Gasteiger partial charge in [-0.15, -0.1) is 11.8 Å². The summed E-state index contributed by atoms with van der Waals surface area (Å²) in [5.74, 6) is 0. The van der Waals surface area contributed by atoms with E-state index in [2.05, 4.69) is 15.0 Å². The zero-order valence-corrected chi connectivity index (χ0v) is 10.8. The van der Waals surface area contributed by atoms with Crippen LogP contribution in [0.2, 0.25) is 0 Å². The van der Waals surface area contributed by atoms with Crippen molar-refractivity contribution in [2.45, 2.75) is 5.03 Å². The van der Waals surface area contributed by atoms with Crippen LogP contribution in [0.1, 0.15) is 0 Å². The van der Waals surface area contributed by atoms with E-state index in [1.807, 2.05) is 18.2 Å². The number of nitrogens with one attached hydrogen (secondary N) is 2. The molecule has 0 radical (unpaired) electrons. The summed E-state index contributed by atoms with van der Waals surface area (Å²) in [6.07, 6.45) is 1.80. The molecule has 96 valence electrons. The summed E-state index contributed by atoms with van der Waals surface area (Å²) >= 11 is 1.32. The van der Waals surface area contributed by atoms with Crippen LogP contribution in [0.4, 0.5) is 0 Å². The number of rotatable bonds is 2. The lowest BCUT2D eigenvalue weighted by atomic mass is 10.3. The molecule has 2 heterocycles. The lowest BCUT2D eigenvalue weighted by molar-refractivity contribution is 0.974. The van der Waals surface area contributed by atoms with Crippen LogP contribution in [-0.4, -0.2) is 25.8 Å². The van der Waals surface area contributed by atoms with Crippen molar-refractivity contribution in [3.63, 3.8) is 0 Å². The van der Waals surface area contributed by atoms with Gasteiger partial charge in [-0.05, 0) is 18.4 Å². The molecule has 6 nitrogen and oxygen atoms in total. The monoisotopic (exact) mass is 274 g/mol. The number of fused-ring (bicyclic) bond motifs is 1. The van der Waals surface area contributed by atoms with Crippen molar-refractivity contribution in [1.29, 1.82) is 0 Å². The topological polar surface area (TPSA) is 83.5 Å². The number of thioether (sulfide) groups is 1. The first-order chi connectivity index (χ1) is 9.20. The Morgan fingerprint density at radius 3 is 2.58 bits per heavy atom. The molecule has 2 aromatic heterocycles. The summed E-state index contributed by atoms with van der Waals surface area (Å²) in [5.41, 5.74) is 0.884. The lowest BCUT2D eigenvalue weighted by Crippen LogP contribution is -2.16. The van der Waals surface area contributed by atoms with Crippen molar-refractivity contribution in [3.8, 4) is 5.69 Å². The van der Waals surface area contributed by atoms with Gasteiger partial charge in [0.1, 0.15) is 16.2 Å². The van der Waals surface area contributed by atoms with Crippen LogP contribution in [0.15, 0.2) is 44.9 Å². The molecule has 0 saturated carbocycles. The van der Waals surface area contributed by atoms with Crippen molar-refractivity contribution < 1.29 is 0 Å². The van der Waals surface area contributed by atoms with E-state index in [0.717, 1.165) is 0 Å². The smallest absolute Gasteiger partial charge is 0.302 e. The highest BCUT2D eigenvalue weighted by atomic mass is 32.2. The molecule has 0 saturated heterocycles. The maximum atomic E-state index is 12.1. The van der Waals surface area contributed by atoms with Gasteiger partial charge in [-0.1, -0.05) is 18.2 Å². The first kappa shape index (κ1) is 11.8. The number of hydrogen-bond donors (Lipinski definition) is 2. The van der Waals surface area contributed by atoms with Gasteiger partial charge in [0.15, 0.2) is 0 Å². The second-order valence-corrected chi connectivity index (χ2v) is 4.67. The molecule has 2 N–H and O–H groups in total. The largest absolute Gasteiger partial charge is 0.347 e. The minimum absolute atomic E-state index is 0.305. The molecule has 0 unspecified atom stereocenters. The van der Waals surface area contributed by atoms with Gasteiger partial charge in [0, 0.05) is 0 Å². The van der Waals surface area contributed by atoms with Crippen LogP contribution in [0.5, 0.6) is 0 Å². The molecule has 3 aromatic rings. The Balaban J connectivity index is 2.44. The normalized spacial score (nSPS) is 11.0. The Morgan fingerprint density at radius 2 is 1.89 bits per heavy atom. The molecular weight excluding hydrogens is 264 g/mol. The lowest BCUT2D eigenvalue weighted by Gasteiger charge is -2.02. The highest BCUT2D eigenvalue weighted by molar-refractivity contribution is 7.98. The van der Waals surface area contributed by atoms with E-state index in [-0.39, 0.29) is 5.69 Å². The van der Waals surface area contributed by atoms with Gasteiger partial charge in [0.2, 0.25) is 0 Å². The Hall–Kier alpha value is -2.28. The zero-order chi connectivity index (χ0) is 13.4. The molecule has 0 bridgehead atoms. The molecule has 7 heteroatoms. The Morgan fingerprint density at radius 1 is 1.16 bits per heavy atom. The third-order valence-electron chi connectivity index (χ3n) is 2.75. The SMILES string of the molecule is CSc1nc(=O)[nH]c2c1[nH]c(=O)n2-c1ccccc1. The van der Waals surface area contributed by atoms with E-state index in [1.165, 1.54) is 16.3 Å². The maximum Gasteiger partial charge on any atom is 0.347 e. The van der Waals surface area contributed by atoms with Crippen molar-refractivity contribution in [1.82, 2.24) is 19.5 Å². The number of para-hydroxylation sites is 1. The number of aromatic amines is 2. The number of H-pyrrole nitrogens is 2. The van der Waals surface area contributed by atoms with E-state index in [0.29, 0.717) is 21.9 Å². The molecular formula is C12H10N4O2S.